The van der Waals surface area contributed by atoms with Crippen molar-refractivity contribution in [2.45, 2.75) is 17.7 Å². The lowest BCUT2D eigenvalue weighted by Crippen LogP contribution is -2.33. The fraction of sp³-hybridized carbons (Fsp3) is 0.467. The SMILES string of the molecule is C=C(CI)c1ccc(S(=O)(=O)NCCN2CCCC2)cc1. The van der Waals surface area contributed by atoms with Gasteiger partial charge >= 0.3 is 0 Å². The van der Waals surface area contributed by atoms with E-state index in [1.54, 1.807) is 12.1 Å². The van der Waals surface area contributed by atoms with Crippen LogP contribution in [-0.4, -0.2) is 43.9 Å². The number of alkyl halides is 1. The van der Waals surface area contributed by atoms with Gasteiger partial charge in [-0.15, -0.1) is 0 Å². The van der Waals surface area contributed by atoms with Gasteiger partial charge in [0.15, 0.2) is 0 Å². The third kappa shape index (κ3) is 4.77. The van der Waals surface area contributed by atoms with Crippen molar-refractivity contribution in [3.05, 3.63) is 36.4 Å². The van der Waals surface area contributed by atoms with E-state index in [1.807, 2.05) is 12.1 Å². The minimum Gasteiger partial charge on any atom is -0.302 e. The van der Waals surface area contributed by atoms with Gasteiger partial charge in [0.05, 0.1) is 4.90 Å². The average Bonchev–Trinajstić information content (AvgIpc) is 2.99. The van der Waals surface area contributed by atoms with Crippen molar-refractivity contribution in [2.75, 3.05) is 30.6 Å². The summed E-state index contributed by atoms with van der Waals surface area (Å²) in [6.45, 7) is 7.35. The highest BCUT2D eigenvalue weighted by molar-refractivity contribution is 14.1. The Kier molecular flexibility index (Phi) is 6.21. The first-order chi connectivity index (χ1) is 10.0. The van der Waals surface area contributed by atoms with Gasteiger partial charge in [-0.3, -0.25) is 0 Å². The summed E-state index contributed by atoms with van der Waals surface area (Å²) in [5.41, 5.74) is 1.99. The summed E-state index contributed by atoms with van der Waals surface area (Å²) in [6, 6.07) is 6.92. The van der Waals surface area contributed by atoms with E-state index in [-0.39, 0.29) is 0 Å². The number of allylic oxidation sites excluding steroid dienone is 1. The molecule has 0 aromatic heterocycles. The molecule has 0 unspecified atom stereocenters. The molecule has 0 saturated carbocycles. The zero-order valence-corrected chi connectivity index (χ0v) is 15.0. The summed E-state index contributed by atoms with van der Waals surface area (Å²) in [6.07, 6.45) is 2.43. The first kappa shape index (κ1) is 16.9. The van der Waals surface area contributed by atoms with Crippen molar-refractivity contribution in [1.29, 1.82) is 0 Å². The summed E-state index contributed by atoms with van der Waals surface area (Å²) in [7, 11) is -3.41. The molecule has 0 spiro atoms. The van der Waals surface area contributed by atoms with E-state index in [9.17, 15) is 8.42 Å². The molecule has 116 valence electrons. The topological polar surface area (TPSA) is 49.4 Å². The number of sulfonamides is 1. The second kappa shape index (κ2) is 7.71. The van der Waals surface area contributed by atoms with Crippen LogP contribution in [0.5, 0.6) is 0 Å². The van der Waals surface area contributed by atoms with Crippen LogP contribution >= 0.6 is 22.6 Å². The Labute approximate surface area is 140 Å². The van der Waals surface area contributed by atoms with Crippen molar-refractivity contribution in [3.63, 3.8) is 0 Å². The van der Waals surface area contributed by atoms with Crippen LogP contribution in [0.1, 0.15) is 18.4 Å². The van der Waals surface area contributed by atoms with Crippen LogP contribution < -0.4 is 4.72 Å². The third-order valence-electron chi connectivity index (χ3n) is 3.65. The van der Waals surface area contributed by atoms with Gasteiger partial charge in [-0.25, -0.2) is 13.1 Å². The van der Waals surface area contributed by atoms with Gasteiger partial charge < -0.3 is 4.90 Å². The average molecular weight is 420 g/mol. The monoisotopic (exact) mass is 420 g/mol. The maximum absolute atomic E-state index is 12.2. The van der Waals surface area contributed by atoms with Crippen molar-refractivity contribution < 1.29 is 8.42 Å². The lowest BCUT2D eigenvalue weighted by atomic mass is 10.1. The second-order valence-corrected chi connectivity index (χ2v) is 7.74. The van der Waals surface area contributed by atoms with Gasteiger partial charge in [0, 0.05) is 17.5 Å². The predicted molar refractivity (Wildman–Crippen MR) is 95.2 cm³/mol. The number of rotatable bonds is 7. The Hall–Kier alpha value is -0.440. The van der Waals surface area contributed by atoms with Crippen molar-refractivity contribution >= 4 is 38.2 Å². The number of nitrogens with one attached hydrogen (secondary N) is 1. The van der Waals surface area contributed by atoms with Gasteiger partial charge in [0.25, 0.3) is 0 Å². The van der Waals surface area contributed by atoms with Gasteiger partial charge in [0.1, 0.15) is 0 Å². The second-order valence-electron chi connectivity index (χ2n) is 5.21. The predicted octanol–water partition coefficient (Wildman–Crippen LogP) is 2.51. The highest BCUT2D eigenvalue weighted by Gasteiger charge is 2.15. The Morgan fingerprint density at radius 2 is 1.86 bits per heavy atom. The molecule has 21 heavy (non-hydrogen) atoms. The molecule has 1 heterocycles. The molecule has 1 aliphatic rings. The standard InChI is InChI=1S/C15H21IN2O2S/c1-13(12-16)14-4-6-15(7-5-14)21(19,20)17-8-11-18-9-2-3-10-18/h4-7,17H,1-3,8-12H2. The molecule has 4 nitrogen and oxygen atoms in total. The Morgan fingerprint density at radius 3 is 2.43 bits per heavy atom. The number of likely N-dealkylation sites (tertiary alicyclic amines) is 1. The molecule has 1 N–H and O–H groups in total. The molecule has 1 saturated heterocycles. The van der Waals surface area contributed by atoms with Crippen LogP contribution in [0.4, 0.5) is 0 Å². The Bertz CT molecular complexity index is 578. The molecule has 0 radical (unpaired) electrons. The van der Waals surface area contributed by atoms with Gasteiger partial charge in [0.2, 0.25) is 10.0 Å². The van der Waals surface area contributed by atoms with Crippen molar-refractivity contribution in [2.24, 2.45) is 0 Å². The van der Waals surface area contributed by atoms with E-state index < -0.39 is 10.0 Å². The minimum absolute atomic E-state index is 0.314. The smallest absolute Gasteiger partial charge is 0.240 e. The fourth-order valence-electron chi connectivity index (χ4n) is 2.37. The largest absolute Gasteiger partial charge is 0.302 e. The van der Waals surface area contributed by atoms with E-state index in [1.165, 1.54) is 12.8 Å². The summed E-state index contributed by atoms with van der Waals surface area (Å²) >= 11 is 2.24. The summed E-state index contributed by atoms with van der Waals surface area (Å²) in [4.78, 5) is 2.60. The molecule has 6 heteroatoms. The first-order valence-corrected chi connectivity index (χ1v) is 10.1. The summed E-state index contributed by atoms with van der Waals surface area (Å²) < 4.78 is 27.9. The third-order valence-corrected chi connectivity index (χ3v) is 6.05. The van der Waals surface area contributed by atoms with Crippen LogP contribution in [0.25, 0.3) is 5.57 Å². The Balaban J connectivity index is 1.93. The molecule has 1 aliphatic heterocycles. The lowest BCUT2D eigenvalue weighted by molar-refractivity contribution is 0.344. The van der Waals surface area contributed by atoms with Crippen LogP contribution in [0.2, 0.25) is 0 Å². The van der Waals surface area contributed by atoms with Crippen LogP contribution in [0.15, 0.2) is 35.7 Å². The normalized spacial score (nSPS) is 16.2. The molecule has 0 atom stereocenters. The van der Waals surface area contributed by atoms with Gasteiger partial charge in [-0.05, 0) is 49.2 Å². The van der Waals surface area contributed by atoms with Gasteiger partial charge in [-0.2, -0.15) is 0 Å². The summed E-state index contributed by atoms with van der Waals surface area (Å²) in [5, 5.41) is 0. The molecule has 2 rings (SSSR count). The maximum atomic E-state index is 12.2. The summed E-state index contributed by atoms with van der Waals surface area (Å²) in [5.74, 6) is 0. The number of halogens is 1. The van der Waals surface area contributed by atoms with E-state index in [4.69, 9.17) is 0 Å². The molecular formula is C15H21IN2O2S. The molecule has 1 aromatic rings. The zero-order valence-electron chi connectivity index (χ0n) is 12.0. The highest BCUT2D eigenvalue weighted by Crippen LogP contribution is 2.17. The molecule has 0 aliphatic carbocycles. The van der Waals surface area contributed by atoms with Crippen molar-refractivity contribution in [1.82, 2.24) is 9.62 Å². The van der Waals surface area contributed by atoms with E-state index in [0.29, 0.717) is 11.4 Å². The molecular weight excluding hydrogens is 399 g/mol. The highest BCUT2D eigenvalue weighted by atomic mass is 127. The zero-order chi connectivity index (χ0) is 15.3. The first-order valence-electron chi connectivity index (χ1n) is 7.09. The minimum atomic E-state index is -3.41. The van der Waals surface area contributed by atoms with Gasteiger partial charge in [-0.1, -0.05) is 41.3 Å². The Morgan fingerprint density at radius 1 is 1.24 bits per heavy atom. The van der Waals surface area contributed by atoms with E-state index >= 15 is 0 Å². The number of benzene rings is 1. The number of nitrogens with zero attached hydrogens (tertiary/aromatic N) is 1. The quantitative estimate of drug-likeness (QED) is 0.545. The lowest BCUT2D eigenvalue weighted by Gasteiger charge is -2.15. The van der Waals surface area contributed by atoms with E-state index in [0.717, 1.165) is 35.2 Å². The maximum Gasteiger partial charge on any atom is 0.240 e. The molecule has 1 aromatic carbocycles. The van der Waals surface area contributed by atoms with Crippen molar-refractivity contribution in [3.8, 4) is 0 Å². The molecule has 0 amide bonds. The van der Waals surface area contributed by atoms with E-state index in [2.05, 4.69) is 38.8 Å². The van der Waals surface area contributed by atoms with Crippen LogP contribution in [0.3, 0.4) is 0 Å². The number of hydrogen-bond donors (Lipinski definition) is 1. The van der Waals surface area contributed by atoms with Crippen LogP contribution in [-0.2, 0) is 10.0 Å². The van der Waals surface area contributed by atoms with Crippen LogP contribution in [0, 0.1) is 0 Å². The fourth-order valence-corrected chi connectivity index (χ4v) is 3.84. The number of hydrogen-bond acceptors (Lipinski definition) is 3. The molecule has 0 bridgehead atoms. The molecule has 1 fully saturated rings.